The molecule has 0 aliphatic rings. The maximum Gasteiger partial charge on any atom is 0.210 e. The fourth-order valence-corrected chi connectivity index (χ4v) is 3.43. The average Bonchev–Trinajstić information content (AvgIpc) is 3.16. The van der Waals surface area contributed by atoms with Crippen molar-refractivity contribution < 1.29 is 4.74 Å². The topological polar surface area (TPSA) is 83.8 Å². The van der Waals surface area contributed by atoms with E-state index < -0.39 is 0 Å². The van der Waals surface area contributed by atoms with Gasteiger partial charge in [-0.05, 0) is 30.0 Å². The quantitative estimate of drug-likeness (QED) is 0.507. The molecule has 0 amide bonds. The minimum absolute atomic E-state index is 0.273. The summed E-state index contributed by atoms with van der Waals surface area (Å²) in [4.78, 5) is 4.30. The smallest absolute Gasteiger partial charge is 0.210 e. The molecular formula is C18H24N6OS. The molecule has 3 rings (SSSR count). The second-order valence-electron chi connectivity index (χ2n) is 6.50. The standard InChI is InChI=1S/C18H24N6OS/c1-12(2)14-6-5-13(3)9-15(14)25-10-16-21-22-18(24(16)19)26-11-17-20-7-8-23(17)4/h5-9,12H,10-11,19H2,1-4H3. The molecule has 0 saturated carbocycles. The zero-order valence-corrected chi connectivity index (χ0v) is 16.3. The molecule has 3 aromatic rings. The summed E-state index contributed by atoms with van der Waals surface area (Å²) in [5, 5.41) is 8.97. The van der Waals surface area contributed by atoms with Crippen molar-refractivity contribution in [2.45, 2.75) is 44.2 Å². The molecule has 26 heavy (non-hydrogen) atoms. The molecule has 2 aromatic heterocycles. The van der Waals surface area contributed by atoms with Crippen molar-refractivity contribution in [1.29, 1.82) is 0 Å². The van der Waals surface area contributed by atoms with Crippen LogP contribution in [0.1, 0.15) is 42.5 Å². The van der Waals surface area contributed by atoms with Crippen LogP contribution in [-0.2, 0) is 19.4 Å². The van der Waals surface area contributed by atoms with Gasteiger partial charge in [-0.2, -0.15) is 0 Å². The number of nitrogen functional groups attached to an aromatic ring is 1. The van der Waals surface area contributed by atoms with Gasteiger partial charge in [0.25, 0.3) is 0 Å². The van der Waals surface area contributed by atoms with Crippen LogP contribution in [0.2, 0.25) is 0 Å². The van der Waals surface area contributed by atoms with Gasteiger partial charge < -0.3 is 15.1 Å². The van der Waals surface area contributed by atoms with Gasteiger partial charge in [0.2, 0.25) is 5.16 Å². The van der Waals surface area contributed by atoms with Crippen LogP contribution in [0.15, 0.2) is 35.7 Å². The normalized spacial score (nSPS) is 11.3. The molecule has 7 nitrogen and oxygen atoms in total. The first-order chi connectivity index (χ1) is 12.5. The van der Waals surface area contributed by atoms with Gasteiger partial charge in [-0.3, -0.25) is 0 Å². The van der Waals surface area contributed by atoms with E-state index >= 15 is 0 Å². The third kappa shape index (κ3) is 4.01. The van der Waals surface area contributed by atoms with E-state index in [0.717, 1.165) is 17.1 Å². The molecule has 138 valence electrons. The number of hydrogen-bond donors (Lipinski definition) is 1. The molecule has 2 heterocycles. The van der Waals surface area contributed by atoms with Gasteiger partial charge in [0.1, 0.15) is 18.2 Å². The Morgan fingerprint density at radius 2 is 2.04 bits per heavy atom. The molecule has 0 bridgehead atoms. The van der Waals surface area contributed by atoms with Crippen molar-refractivity contribution in [3.8, 4) is 5.75 Å². The third-order valence-corrected chi connectivity index (χ3v) is 5.07. The Labute approximate surface area is 157 Å². The number of nitrogens with two attached hydrogens (primary N) is 1. The summed E-state index contributed by atoms with van der Waals surface area (Å²) < 4.78 is 9.46. The van der Waals surface area contributed by atoms with Crippen LogP contribution >= 0.6 is 11.8 Å². The van der Waals surface area contributed by atoms with Crippen molar-refractivity contribution in [3.05, 3.63) is 53.4 Å². The largest absolute Gasteiger partial charge is 0.485 e. The number of benzene rings is 1. The number of hydrogen-bond acceptors (Lipinski definition) is 6. The Kier molecular flexibility index (Phi) is 5.51. The van der Waals surface area contributed by atoms with Gasteiger partial charge in [0, 0.05) is 19.4 Å². The first-order valence-electron chi connectivity index (χ1n) is 8.47. The van der Waals surface area contributed by atoms with Crippen LogP contribution in [-0.4, -0.2) is 24.4 Å². The summed E-state index contributed by atoms with van der Waals surface area (Å²) in [6.07, 6.45) is 3.69. The molecule has 0 spiro atoms. The van der Waals surface area contributed by atoms with E-state index in [4.69, 9.17) is 10.6 Å². The molecule has 1 aromatic carbocycles. The summed E-state index contributed by atoms with van der Waals surface area (Å²) in [6, 6.07) is 6.25. The lowest BCUT2D eigenvalue weighted by atomic mass is 10.0. The minimum atomic E-state index is 0.273. The molecule has 0 unspecified atom stereocenters. The Morgan fingerprint density at radius 3 is 2.73 bits per heavy atom. The zero-order chi connectivity index (χ0) is 18.7. The van der Waals surface area contributed by atoms with E-state index in [1.165, 1.54) is 22.0 Å². The highest BCUT2D eigenvalue weighted by molar-refractivity contribution is 7.98. The van der Waals surface area contributed by atoms with Gasteiger partial charge in [0.15, 0.2) is 5.82 Å². The number of aryl methyl sites for hydroxylation is 2. The highest BCUT2D eigenvalue weighted by Crippen LogP contribution is 2.28. The Hall–Kier alpha value is -2.48. The van der Waals surface area contributed by atoms with E-state index in [1.54, 1.807) is 6.20 Å². The minimum Gasteiger partial charge on any atom is -0.485 e. The van der Waals surface area contributed by atoms with Crippen LogP contribution in [0.5, 0.6) is 5.75 Å². The second kappa shape index (κ2) is 7.82. The number of nitrogens with zero attached hydrogens (tertiary/aromatic N) is 5. The van der Waals surface area contributed by atoms with Crippen molar-refractivity contribution >= 4 is 11.8 Å². The van der Waals surface area contributed by atoms with Crippen LogP contribution in [0.4, 0.5) is 0 Å². The number of rotatable bonds is 7. The monoisotopic (exact) mass is 372 g/mol. The first-order valence-corrected chi connectivity index (χ1v) is 9.46. The third-order valence-electron chi connectivity index (χ3n) is 4.13. The fraction of sp³-hybridized carbons (Fsp3) is 0.389. The van der Waals surface area contributed by atoms with Crippen molar-refractivity contribution in [2.75, 3.05) is 5.84 Å². The Morgan fingerprint density at radius 1 is 1.23 bits per heavy atom. The van der Waals surface area contributed by atoms with Gasteiger partial charge in [-0.15, -0.1) is 10.2 Å². The predicted molar refractivity (Wildman–Crippen MR) is 103 cm³/mol. The fourth-order valence-electron chi connectivity index (χ4n) is 2.55. The second-order valence-corrected chi connectivity index (χ2v) is 7.44. The lowest BCUT2D eigenvalue weighted by Gasteiger charge is -2.14. The molecule has 2 N–H and O–H groups in total. The van der Waals surface area contributed by atoms with Crippen LogP contribution in [0, 0.1) is 6.92 Å². The highest BCUT2D eigenvalue weighted by Gasteiger charge is 2.14. The lowest BCUT2D eigenvalue weighted by Crippen LogP contribution is -2.16. The number of imidazole rings is 1. The van der Waals surface area contributed by atoms with Gasteiger partial charge in [0.05, 0.1) is 5.75 Å². The summed E-state index contributed by atoms with van der Waals surface area (Å²) in [7, 11) is 1.96. The summed E-state index contributed by atoms with van der Waals surface area (Å²) >= 11 is 1.50. The molecule has 0 aliphatic carbocycles. The van der Waals surface area contributed by atoms with E-state index in [-0.39, 0.29) is 6.61 Å². The van der Waals surface area contributed by atoms with E-state index in [1.807, 2.05) is 23.9 Å². The van der Waals surface area contributed by atoms with E-state index in [0.29, 0.717) is 22.7 Å². The SMILES string of the molecule is Cc1ccc(C(C)C)c(OCc2nnc(SCc3nccn3C)n2N)c1. The van der Waals surface area contributed by atoms with E-state index in [9.17, 15) is 0 Å². The molecular weight excluding hydrogens is 348 g/mol. The first kappa shape index (κ1) is 18.3. The van der Waals surface area contributed by atoms with Crippen LogP contribution in [0.25, 0.3) is 0 Å². The molecule has 0 radical (unpaired) electrons. The van der Waals surface area contributed by atoms with Crippen LogP contribution < -0.4 is 10.6 Å². The Bertz CT molecular complexity index is 886. The van der Waals surface area contributed by atoms with Crippen molar-refractivity contribution in [3.63, 3.8) is 0 Å². The molecule has 0 saturated heterocycles. The highest BCUT2D eigenvalue weighted by atomic mass is 32.2. The zero-order valence-electron chi connectivity index (χ0n) is 15.5. The molecule has 0 fully saturated rings. The average molecular weight is 372 g/mol. The molecule has 8 heteroatoms. The maximum atomic E-state index is 6.14. The van der Waals surface area contributed by atoms with Crippen molar-refractivity contribution in [1.82, 2.24) is 24.4 Å². The molecule has 0 aliphatic heterocycles. The molecule has 0 atom stereocenters. The number of aromatic nitrogens is 5. The van der Waals surface area contributed by atoms with Crippen LogP contribution in [0.3, 0.4) is 0 Å². The van der Waals surface area contributed by atoms with Gasteiger partial charge in [-0.25, -0.2) is 9.66 Å². The van der Waals surface area contributed by atoms with Gasteiger partial charge >= 0.3 is 0 Å². The van der Waals surface area contributed by atoms with E-state index in [2.05, 4.69) is 48.1 Å². The predicted octanol–water partition coefficient (Wildman–Crippen LogP) is 3.03. The number of ether oxygens (including phenoxy) is 1. The summed E-state index contributed by atoms with van der Waals surface area (Å²) in [6.45, 7) is 6.62. The maximum absolute atomic E-state index is 6.14. The summed E-state index contributed by atoms with van der Waals surface area (Å²) in [5.74, 6) is 9.60. The number of thioether (sulfide) groups is 1. The Balaban J connectivity index is 1.67. The lowest BCUT2D eigenvalue weighted by molar-refractivity contribution is 0.287. The summed E-state index contributed by atoms with van der Waals surface area (Å²) in [5.41, 5.74) is 2.33. The van der Waals surface area contributed by atoms with Gasteiger partial charge in [-0.1, -0.05) is 37.7 Å². The van der Waals surface area contributed by atoms with Crippen molar-refractivity contribution in [2.24, 2.45) is 7.05 Å².